The van der Waals surface area contributed by atoms with Crippen LogP contribution in [0.4, 0.5) is 5.95 Å². The fourth-order valence-electron chi connectivity index (χ4n) is 3.55. The van der Waals surface area contributed by atoms with Crippen LogP contribution in [0.5, 0.6) is 0 Å². The molecule has 2 aromatic rings. The first-order chi connectivity index (χ1) is 12.9. The zero-order valence-electron chi connectivity index (χ0n) is 15.9. The highest BCUT2D eigenvalue weighted by atomic mass is 32.2. The van der Waals surface area contributed by atoms with Gasteiger partial charge in [-0.3, -0.25) is 0 Å². The minimum atomic E-state index is -3.58. The molecule has 1 saturated heterocycles. The Labute approximate surface area is 160 Å². The molecule has 8 heteroatoms. The predicted octanol–water partition coefficient (Wildman–Crippen LogP) is 1.94. The normalized spacial score (nSPS) is 18.0. The summed E-state index contributed by atoms with van der Waals surface area (Å²) in [6.07, 6.45) is 1.76. The van der Waals surface area contributed by atoms with Crippen LogP contribution >= 0.6 is 0 Å². The Hall–Kier alpha value is -2.03. The van der Waals surface area contributed by atoms with Gasteiger partial charge >= 0.3 is 0 Å². The summed E-state index contributed by atoms with van der Waals surface area (Å²) < 4.78 is 33.3. The van der Waals surface area contributed by atoms with Gasteiger partial charge in [0.25, 0.3) is 0 Å². The summed E-state index contributed by atoms with van der Waals surface area (Å²) in [6, 6.07) is 3.70. The van der Waals surface area contributed by atoms with Crippen molar-refractivity contribution >= 4 is 16.0 Å². The smallest absolute Gasteiger partial charge is 0.244 e. The summed E-state index contributed by atoms with van der Waals surface area (Å²) in [4.78, 5) is 11.5. The van der Waals surface area contributed by atoms with Crippen molar-refractivity contribution in [2.24, 2.45) is 0 Å². The molecule has 0 aliphatic carbocycles. The van der Waals surface area contributed by atoms with Crippen LogP contribution in [0.25, 0.3) is 0 Å². The van der Waals surface area contributed by atoms with Crippen molar-refractivity contribution in [3.8, 4) is 0 Å². The van der Waals surface area contributed by atoms with E-state index in [4.69, 9.17) is 4.74 Å². The molecular weight excluding hydrogens is 364 g/mol. The number of aromatic nitrogens is 2. The molecule has 1 aromatic heterocycles. The lowest BCUT2D eigenvalue weighted by atomic mass is 10.1. The quantitative estimate of drug-likeness (QED) is 0.800. The van der Waals surface area contributed by atoms with Crippen molar-refractivity contribution in [2.75, 3.05) is 31.2 Å². The second-order valence-electron chi connectivity index (χ2n) is 7.22. The molecular formula is C19H24N4O3S. The number of hydrogen-bond acceptors (Lipinski definition) is 6. The van der Waals surface area contributed by atoms with E-state index in [1.54, 1.807) is 12.3 Å². The van der Waals surface area contributed by atoms with Gasteiger partial charge in [0.05, 0.1) is 30.3 Å². The van der Waals surface area contributed by atoms with Crippen LogP contribution in [0.2, 0.25) is 0 Å². The third-order valence-corrected chi connectivity index (χ3v) is 7.25. The third-order valence-electron chi connectivity index (χ3n) is 5.32. The summed E-state index contributed by atoms with van der Waals surface area (Å²) >= 11 is 0. The van der Waals surface area contributed by atoms with Crippen molar-refractivity contribution in [3.05, 3.63) is 46.3 Å². The number of nitrogens with zero attached hydrogens (tertiary/aromatic N) is 4. The van der Waals surface area contributed by atoms with Gasteiger partial charge < -0.3 is 9.64 Å². The summed E-state index contributed by atoms with van der Waals surface area (Å²) in [5.74, 6) is 0.652. The van der Waals surface area contributed by atoms with E-state index in [-0.39, 0.29) is 6.54 Å². The van der Waals surface area contributed by atoms with Crippen LogP contribution in [0.1, 0.15) is 27.9 Å². The maximum absolute atomic E-state index is 13.2. The van der Waals surface area contributed by atoms with Gasteiger partial charge in [-0.1, -0.05) is 6.07 Å². The lowest BCUT2D eigenvalue weighted by Gasteiger charge is -2.26. The van der Waals surface area contributed by atoms with Crippen LogP contribution in [-0.4, -0.2) is 49.0 Å². The third kappa shape index (κ3) is 3.33. The summed E-state index contributed by atoms with van der Waals surface area (Å²) in [7, 11) is -3.58. The molecule has 0 radical (unpaired) electrons. The minimum Gasteiger partial charge on any atom is -0.378 e. The fraction of sp³-hybridized carbons (Fsp3) is 0.474. The highest BCUT2D eigenvalue weighted by molar-refractivity contribution is 7.89. The molecule has 0 saturated carbocycles. The number of morpholine rings is 1. The van der Waals surface area contributed by atoms with E-state index in [0.717, 1.165) is 41.0 Å². The number of sulfonamides is 1. The van der Waals surface area contributed by atoms with Crippen molar-refractivity contribution in [1.82, 2.24) is 14.3 Å². The van der Waals surface area contributed by atoms with Gasteiger partial charge in [-0.15, -0.1) is 0 Å². The molecule has 0 unspecified atom stereocenters. The molecule has 0 N–H and O–H groups in total. The standard InChI is InChI=1S/C19H24N4O3S/c1-13-8-15(3)18(9-14(13)2)27(24,25)23-11-16-10-20-19(21-17(16)12-23)22-4-6-26-7-5-22/h8-10H,4-7,11-12H2,1-3H3. The highest BCUT2D eigenvalue weighted by Gasteiger charge is 2.33. The Morgan fingerprint density at radius 2 is 1.70 bits per heavy atom. The number of hydrogen-bond donors (Lipinski definition) is 0. The van der Waals surface area contributed by atoms with Crippen LogP contribution in [0, 0.1) is 20.8 Å². The molecule has 0 bridgehead atoms. The Balaban J connectivity index is 1.61. The van der Waals surface area contributed by atoms with Gasteiger partial charge in [-0.25, -0.2) is 18.4 Å². The predicted molar refractivity (Wildman–Crippen MR) is 102 cm³/mol. The molecule has 4 rings (SSSR count). The first-order valence-corrected chi connectivity index (χ1v) is 10.6. The molecule has 3 heterocycles. The fourth-order valence-corrected chi connectivity index (χ4v) is 5.22. The Morgan fingerprint density at radius 1 is 1.00 bits per heavy atom. The summed E-state index contributed by atoms with van der Waals surface area (Å²) in [5, 5.41) is 0. The summed E-state index contributed by atoms with van der Waals surface area (Å²) in [5.41, 5.74) is 4.50. The van der Waals surface area contributed by atoms with E-state index in [2.05, 4.69) is 14.9 Å². The lowest BCUT2D eigenvalue weighted by Crippen LogP contribution is -2.37. The maximum atomic E-state index is 13.2. The van der Waals surface area contributed by atoms with Crippen LogP contribution in [0.15, 0.2) is 23.2 Å². The van der Waals surface area contributed by atoms with E-state index in [1.165, 1.54) is 4.31 Å². The molecule has 2 aliphatic rings. The number of rotatable bonds is 3. The minimum absolute atomic E-state index is 0.282. The van der Waals surface area contributed by atoms with Crippen molar-refractivity contribution in [2.45, 2.75) is 38.8 Å². The first-order valence-electron chi connectivity index (χ1n) is 9.12. The van der Waals surface area contributed by atoms with Gasteiger partial charge in [0.1, 0.15) is 0 Å². The number of anilines is 1. The van der Waals surface area contributed by atoms with Crippen LogP contribution in [0.3, 0.4) is 0 Å². The van der Waals surface area contributed by atoms with Crippen LogP contribution in [-0.2, 0) is 27.8 Å². The first kappa shape index (κ1) is 18.3. The number of aryl methyl sites for hydroxylation is 3. The monoisotopic (exact) mass is 388 g/mol. The van der Waals surface area contributed by atoms with E-state index in [9.17, 15) is 8.42 Å². The second kappa shape index (κ2) is 6.85. The molecule has 144 valence electrons. The SMILES string of the molecule is Cc1cc(C)c(S(=O)(=O)N2Cc3cnc(N4CCOCC4)nc3C2)cc1C. The topological polar surface area (TPSA) is 75.6 Å². The van der Waals surface area contributed by atoms with Crippen molar-refractivity contribution < 1.29 is 13.2 Å². The number of benzene rings is 1. The van der Waals surface area contributed by atoms with E-state index >= 15 is 0 Å². The van der Waals surface area contributed by atoms with E-state index in [1.807, 2.05) is 26.8 Å². The van der Waals surface area contributed by atoms with Gasteiger partial charge in [0, 0.05) is 31.4 Å². The van der Waals surface area contributed by atoms with E-state index < -0.39 is 10.0 Å². The average molecular weight is 388 g/mol. The number of fused-ring (bicyclic) bond motifs is 1. The molecule has 1 fully saturated rings. The molecule has 0 atom stereocenters. The zero-order chi connectivity index (χ0) is 19.2. The van der Waals surface area contributed by atoms with Gasteiger partial charge in [-0.2, -0.15) is 4.31 Å². The molecule has 1 aromatic carbocycles. The van der Waals surface area contributed by atoms with Crippen molar-refractivity contribution in [1.29, 1.82) is 0 Å². The Kier molecular flexibility index (Phi) is 4.65. The second-order valence-corrected chi connectivity index (χ2v) is 9.12. The molecule has 7 nitrogen and oxygen atoms in total. The average Bonchev–Trinajstić information content (AvgIpc) is 3.09. The zero-order valence-corrected chi connectivity index (χ0v) is 16.7. The van der Waals surface area contributed by atoms with Gasteiger partial charge in [0.15, 0.2) is 0 Å². The molecule has 0 amide bonds. The summed E-state index contributed by atoms with van der Waals surface area (Å²) in [6.45, 7) is 9.20. The largest absolute Gasteiger partial charge is 0.378 e. The van der Waals surface area contributed by atoms with E-state index in [0.29, 0.717) is 30.6 Å². The lowest BCUT2D eigenvalue weighted by molar-refractivity contribution is 0.122. The van der Waals surface area contributed by atoms with Gasteiger partial charge in [0.2, 0.25) is 16.0 Å². The molecule has 0 spiro atoms. The van der Waals surface area contributed by atoms with Crippen molar-refractivity contribution in [3.63, 3.8) is 0 Å². The highest BCUT2D eigenvalue weighted by Crippen LogP contribution is 2.30. The molecule has 2 aliphatic heterocycles. The molecule has 27 heavy (non-hydrogen) atoms. The van der Waals surface area contributed by atoms with Crippen LogP contribution < -0.4 is 4.90 Å². The number of ether oxygens (including phenoxy) is 1. The Morgan fingerprint density at radius 3 is 2.44 bits per heavy atom. The Bertz CT molecular complexity index is 985. The maximum Gasteiger partial charge on any atom is 0.244 e. The van der Waals surface area contributed by atoms with Gasteiger partial charge in [-0.05, 0) is 43.5 Å².